The van der Waals surface area contributed by atoms with E-state index in [2.05, 4.69) is 15.6 Å². The molecule has 2 aromatic heterocycles. The highest BCUT2D eigenvalue weighted by atomic mass is 32.2. The number of amides is 2. The number of hydrogen-bond acceptors (Lipinski definition) is 6. The summed E-state index contributed by atoms with van der Waals surface area (Å²) < 4.78 is 19.6. The molecular formula is C20H14FN3O3S2. The summed E-state index contributed by atoms with van der Waals surface area (Å²) in [6.07, 6.45) is 1.44. The van der Waals surface area contributed by atoms with Crippen LogP contribution in [0.1, 0.15) is 10.6 Å². The first kappa shape index (κ1) is 19.2. The molecule has 0 fully saturated rings. The normalized spacial score (nSPS) is 10.8. The third-order valence-electron chi connectivity index (χ3n) is 3.83. The van der Waals surface area contributed by atoms with Crippen molar-refractivity contribution < 1.29 is 18.4 Å². The molecule has 0 aliphatic rings. The monoisotopic (exact) mass is 427 g/mol. The smallest absolute Gasteiger partial charge is 0.291 e. The number of nitrogens with one attached hydrogen (secondary N) is 2. The third kappa shape index (κ3) is 4.82. The first-order valence-electron chi connectivity index (χ1n) is 8.50. The van der Waals surface area contributed by atoms with Gasteiger partial charge >= 0.3 is 0 Å². The number of aromatic nitrogens is 1. The van der Waals surface area contributed by atoms with Gasteiger partial charge in [-0.3, -0.25) is 9.59 Å². The number of thiazole rings is 1. The van der Waals surface area contributed by atoms with Gasteiger partial charge < -0.3 is 15.1 Å². The van der Waals surface area contributed by atoms with Crippen LogP contribution in [0, 0.1) is 5.82 Å². The summed E-state index contributed by atoms with van der Waals surface area (Å²) in [5.41, 5.74) is 1.96. The summed E-state index contributed by atoms with van der Waals surface area (Å²) in [6.45, 7) is 0. The van der Waals surface area contributed by atoms with Crippen LogP contribution in [0.4, 0.5) is 15.8 Å². The fourth-order valence-electron chi connectivity index (χ4n) is 2.50. The van der Waals surface area contributed by atoms with Gasteiger partial charge in [0.1, 0.15) is 5.82 Å². The minimum absolute atomic E-state index is 0.180. The molecule has 29 heavy (non-hydrogen) atoms. The Morgan fingerprint density at radius 2 is 1.86 bits per heavy atom. The van der Waals surface area contributed by atoms with E-state index in [4.69, 9.17) is 4.42 Å². The van der Waals surface area contributed by atoms with Crippen molar-refractivity contribution in [1.29, 1.82) is 0 Å². The van der Waals surface area contributed by atoms with Crippen LogP contribution >= 0.6 is 23.1 Å². The number of anilines is 2. The van der Waals surface area contributed by atoms with Crippen LogP contribution in [-0.4, -0.2) is 22.6 Å². The maximum absolute atomic E-state index is 12.9. The van der Waals surface area contributed by atoms with Crippen molar-refractivity contribution in [3.63, 3.8) is 0 Å². The van der Waals surface area contributed by atoms with Gasteiger partial charge in [0.05, 0.1) is 22.2 Å². The maximum Gasteiger partial charge on any atom is 0.291 e. The number of hydrogen-bond donors (Lipinski definition) is 2. The number of nitrogens with zero attached hydrogens (tertiary/aromatic N) is 1. The lowest BCUT2D eigenvalue weighted by atomic mass is 10.3. The minimum atomic E-state index is -0.355. The van der Waals surface area contributed by atoms with E-state index in [1.54, 1.807) is 18.2 Å². The molecule has 0 aliphatic heterocycles. The van der Waals surface area contributed by atoms with Gasteiger partial charge in [0, 0.05) is 11.4 Å². The van der Waals surface area contributed by atoms with Gasteiger partial charge in [-0.1, -0.05) is 11.8 Å². The zero-order valence-electron chi connectivity index (χ0n) is 14.8. The number of fused-ring (bicyclic) bond motifs is 1. The van der Waals surface area contributed by atoms with E-state index in [0.717, 1.165) is 14.6 Å². The number of thioether (sulfide) groups is 1. The number of rotatable bonds is 6. The van der Waals surface area contributed by atoms with Gasteiger partial charge in [0.2, 0.25) is 5.91 Å². The predicted molar refractivity (Wildman–Crippen MR) is 112 cm³/mol. The lowest BCUT2D eigenvalue weighted by Crippen LogP contribution is -2.13. The molecule has 4 rings (SSSR count). The molecule has 2 heterocycles. The van der Waals surface area contributed by atoms with Crippen LogP contribution in [0.3, 0.4) is 0 Å². The molecule has 0 atom stereocenters. The van der Waals surface area contributed by atoms with Crippen LogP contribution in [0.15, 0.2) is 69.6 Å². The average molecular weight is 427 g/mol. The molecule has 2 aromatic carbocycles. The fourth-order valence-corrected chi connectivity index (χ4v) is 4.41. The van der Waals surface area contributed by atoms with E-state index in [1.165, 1.54) is 53.6 Å². The number of carbonyl (C=O) groups excluding carboxylic acids is 2. The summed E-state index contributed by atoms with van der Waals surface area (Å²) in [5, 5.41) is 5.49. The Bertz CT molecular complexity index is 1160. The highest BCUT2D eigenvalue weighted by molar-refractivity contribution is 8.01. The lowest BCUT2D eigenvalue weighted by Gasteiger charge is -2.03. The Balaban J connectivity index is 1.37. The van der Waals surface area contributed by atoms with Crippen molar-refractivity contribution in [2.75, 3.05) is 16.4 Å². The molecule has 0 unspecified atom stereocenters. The average Bonchev–Trinajstić information content (AvgIpc) is 3.37. The largest absolute Gasteiger partial charge is 0.459 e. The summed E-state index contributed by atoms with van der Waals surface area (Å²) in [7, 11) is 0. The quantitative estimate of drug-likeness (QED) is 0.423. The molecule has 0 saturated carbocycles. The molecule has 4 aromatic rings. The highest BCUT2D eigenvalue weighted by Gasteiger charge is 2.12. The molecule has 0 saturated heterocycles. The summed E-state index contributed by atoms with van der Waals surface area (Å²) in [4.78, 5) is 28.6. The molecule has 0 aliphatic carbocycles. The van der Waals surface area contributed by atoms with Gasteiger partial charge in [0.15, 0.2) is 10.1 Å². The summed E-state index contributed by atoms with van der Waals surface area (Å²) >= 11 is 2.75. The number of carbonyl (C=O) groups is 2. The summed E-state index contributed by atoms with van der Waals surface area (Å²) in [5.74, 6) is -0.471. The van der Waals surface area contributed by atoms with Crippen molar-refractivity contribution >= 4 is 56.5 Å². The van der Waals surface area contributed by atoms with Crippen molar-refractivity contribution in [3.8, 4) is 0 Å². The zero-order valence-corrected chi connectivity index (χ0v) is 16.5. The predicted octanol–water partition coefficient (Wildman–Crippen LogP) is 5.01. The van der Waals surface area contributed by atoms with Crippen molar-refractivity contribution in [1.82, 2.24) is 4.98 Å². The molecule has 9 heteroatoms. The van der Waals surface area contributed by atoms with Crippen LogP contribution in [-0.2, 0) is 4.79 Å². The highest BCUT2D eigenvalue weighted by Crippen LogP contribution is 2.31. The Hall–Kier alpha value is -3.17. The Morgan fingerprint density at radius 1 is 1.07 bits per heavy atom. The zero-order chi connectivity index (χ0) is 20.2. The molecule has 146 valence electrons. The van der Waals surface area contributed by atoms with Crippen molar-refractivity contribution in [3.05, 3.63) is 72.4 Å². The van der Waals surface area contributed by atoms with E-state index >= 15 is 0 Å². The molecule has 0 radical (unpaired) electrons. The van der Waals surface area contributed by atoms with E-state index in [9.17, 15) is 14.0 Å². The maximum atomic E-state index is 12.9. The molecule has 0 spiro atoms. The van der Waals surface area contributed by atoms with Crippen LogP contribution < -0.4 is 10.6 Å². The Morgan fingerprint density at radius 3 is 2.62 bits per heavy atom. The Labute approximate surface area is 173 Å². The topological polar surface area (TPSA) is 84.2 Å². The van der Waals surface area contributed by atoms with E-state index in [0.29, 0.717) is 11.4 Å². The number of benzene rings is 2. The van der Waals surface area contributed by atoms with Gasteiger partial charge in [0.25, 0.3) is 5.91 Å². The van der Waals surface area contributed by atoms with E-state index in [1.807, 2.05) is 12.1 Å². The number of furan rings is 1. The van der Waals surface area contributed by atoms with Crippen LogP contribution in [0.2, 0.25) is 0 Å². The summed E-state index contributed by atoms with van der Waals surface area (Å²) in [6, 6.07) is 14.2. The van der Waals surface area contributed by atoms with Gasteiger partial charge in [-0.05, 0) is 54.6 Å². The second-order valence-corrected chi connectivity index (χ2v) is 8.19. The molecule has 2 N–H and O–H groups in total. The number of halogens is 1. The third-order valence-corrected chi connectivity index (χ3v) is 5.99. The standard InChI is InChI=1S/C20H14FN3O3S2/c21-12-3-5-13(6-4-12)22-18(25)11-28-20-24-15-8-7-14(10-17(15)29-20)23-19(26)16-2-1-9-27-16/h1-10H,11H2,(H,22,25)(H,23,26). The second-order valence-electron chi connectivity index (χ2n) is 5.94. The first-order valence-corrected chi connectivity index (χ1v) is 10.3. The van der Waals surface area contributed by atoms with Gasteiger partial charge in [-0.2, -0.15) is 0 Å². The van der Waals surface area contributed by atoms with Gasteiger partial charge in [-0.25, -0.2) is 9.37 Å². The molecule has 2 amide bonds. The van der Waals surface area contributed by atoms with E-state index in [-0.39, 0.29) is 29.1 Å². The second kappa shape index (κ2) is 8.46. The molecule has 0 bridgehead atoms. The minimum Gasteiger partial charge on any atom is -0.459 e. The first-order chi connectivity index (χ1) is 14.1. The Kier molecular flexibility index (Phi) is 5.59. The van der Waals surface area contributed by atoms with Crippen LogP contribution in [0.25, 0.3) is 10.2 Å². The van der Waals surface area contributed by atoms with Crippen molar-refractivity contribution in [2.24, 2.45) is 0 Å². The van der Waals surface area contributed by atoms with E-state index < -0.39 is 0 Å². The van der Waals surface area contributed by atoms with Gasteiger partial charge in [-0.15, -0.1) is 11.3 Å². The van der Waals surface area contributed by atoms with Crippen molar-refractivity contribution in [2.45, 2.75) is 4.34 Å². The molecule has 6 nitrogen and oxygen atoms in total. The SMILES string of the molecule is O=C(CSc1nc2ccc(NC(=O)c3ccco3)cc2s1)Nc1ccc(F)cc1. The fraction of sp³-hybridized carbons (Fsp3) is 0.0500. The molecular weight excluding hydrogens is 413 g/mol. The lowest BCUT2D eigenvalue weighted by molar-refractivity contribution is -0.113. The van der Waals surface area contributed by atoms with Crippen LogP contribution in [0.5, 0.6) is 0 Å².